The van der Waals surface area contributed by atoms with Crippen LogP contribution in [0.4, 0.5) is 0 Å². The van der Waals surface area contributed by atoms with Crippen molar-refractivity contribution in [2.24, 2.45) is 34.5 Å². The third-order valence-corrected chi connectivity index (χ3v) is 9.78. The zero-order chi connectivity index (χ0) is 25.9. The van der Waals surface area contributed by atoms with Crippen LogP contribution in [-0.2, 0) is 23.9 Å². The maximum absolute atomic E-state index is 13.2. The standard InChI is InChI=1S/C26H36O9/c1-13-10-15-16-7-9-26(34,22(32)23(33)35-20(31)5-4-19(29)30)25(16,3)12-18(28)21(15)24(2)8-6-14(27)11-17(13)24/h11,13,15-16,18,21,23,28,33-34H,4-10,12H2,1-3H3,(H,29,30)/t13-,15-,16-,18+,21+,23?,24-,25-,26-/m0/s1. The maximum atomic E-state index is 13.2. The van der Waals surface area contributed by atoms with E-state index in [0.29, 0.717) is 19.3 Å². The predicted octanol–water partition coefficient (Wildman–Crippen LogP) is 1.76. The van der Waals surface area contributed by atoms with Gasteiger partial charge in [0.05, 0.1) is 18.9 Å². The van der Waals surface area contributed by atoms with Gasteiger partial charge in [-0.15, -0.1) is 0 Å². The van der Waals surface area contributed by atoms with Crippen molar-refractivity contribution in [2.75, 3.05) is 0 Å². The number of aliphatic carboxylic acids is 1. The number of hydrogen-bond acceptors (Lipinski definition) is 8. The summed E-state index contributed by atoms with van der Waals surface area (Å²) in [4.78, 5) is 47.9. The fraction of sp³-hybridized carbons (Fsp3) is 0.769. The molecule has 9 atom stereocenters. The van der Waals surface area contributed by atoms with Gasteiger partial charge in [0.2, 0.25) is 5.78 Å². The van der Waals surface area contributed by atoms with Gasteiger partial charge in [-0.1, -0.05) is 26.3 Å². The molecule has 0 heterocycles. The molecule has 0 aromatic rings. The van der Waals surface area contributed by atoms with Crippen LogP contribution >= 0.6 is 0 Å². The molecule has 35 heavy (non-hydrogen) atoms. The Morgan fingerprint density at radius 3 is 2.54 bits per heavy atom. The number of fused-ring (bicyclic) bond motifs is 5. The first-order valence-corrected chi connectivity index (χ1v) is 12.5. The van der Waals surface area contributed by atoms with Crippen LogP contribution in [0.25, 0.3) is 0 Å². The second-order valence-corrected chi connectivity index (χ2v) is 11.6. The Morgan fingerprint density at radius 2 is 1.89 bits per heavy atom. The van der Waals surface area contributed by atoms with Crippen LogP contribution in [0.3, 0.4) is 0 Å². The van der Waals surface area contributed by atoms with E-state index in [4.69, 9.17) is 9.84 Å². The Balaban J connectivity index is 1.59. The minimum absolute atomic E-state index is 0.0196. The summed E-state index contributed by atoms with van der Waals surface area (Å²) in [5.74, 6) is -3.22. The minimum Gasteiger partial charge on any atom is -0.481 e. The zero-order valence-corrected chi connectivity index (χ0v) is 20.5. The van der Waals surface area contributed by atoms with Gasteiger partial charge < -0.3 is 25.2 Å². The van der Waals surface area contributed by atoms with Gasteiger partial charge in [-0.3, -0.25) is 19.2 Å². The smallest absolute Gasteiger partial charge is 0.309 e. The summed E-state index contributed by atoms with van der Waals surface area (Å²) in [6.07, 6.45) is 0.286. The first kappa shape index (κ1) is 26.0. The van der Waals surface area contributed by atoms with Crippen molar-refractivity contribution in [2.45, 2.75) is 90.1 Å². The van der Waals surface area contributed by atoms with Gasteiger partial charge in [-0.2, -0.15) is 0 Å². The van der Waals surface area contributed by atoms with E-state index >= 15 is 0 Å². The highest BCUT2D eigenvalue weighted by Crippen LogP contribution is 2.68. The summed E-state index contributed by atoms with van der Waals surface area (Å²) >= 11 is 0. The number of ketones is 2. The number of carbonyl (C=O) groups excluding carboxylic acids is 3. The molecule has 0 radical (unpaired) electrons. The lowest BCUT2D eigenvalue weighted by Gasteiger charge is -2.61. The SMILES string of the molecule is C[C@H]1C[C@@H]2[C@H]([C@H](O)C[C@@]3(C)[C@H]2CC[C@]3(O)C(=O)C(O)OC(=O)CCC(=O)O)[C@@]2(C)CCC(=O)C=C12. The summed E-state index contributed by atoms with van der Waals surface area (Å²) in [6.45, 7) is 5.98. The number of hydrogen-bond donors (Lipinski definition) is 4. The molecule has 9 heteroatoms. The normalized spacial score (nSPS) is 43.3. The van der Waals surface area contributed by atoms with Crippen molar-refractivity contribution in [1.82, 2.24) is 0 Å². The lowest BCUT2D eigenvalue weighted by molar-refractivity contribution is -0.205. The number of carboxylic acids is 1. The van der Waals surface area contributed by atoms with E-state index in [1.165, 1.54) is 0 Å². The number of ether oxygens (including phenoxy) is 1. The van der Waals surface area contributed by atoms with Crippen molar-refractivity contribution in [3.05, 3.63) is 11.6 Å². The predicted molar refractivity (Wildman–Crippen MR) is 122 cm³/mol. The average molecular weight is 493 g/mol. The van der Waals surface area contributed by atoms with Crippen molar-refractivity contribution < 1.29 is 44.3 Å². The first-order chi connectivity index (χ1) is 16.2. The van der Waals surface area contributed by atoms with Gasteiger partial charge in [-0.25, -0.2) is 0 Å². The Bertz CT molecular complexity index is 972. The average Bonchev–Trinajstić information content (AvgIpc) is 3.04. The molecule has 0 aromatic heterocycles. The minimum atomic E-state index is -2.21. The van der Waals surface area contributed by atoms with Crippen LogP contribution in [0.5, 0.6) is 0 Å². The number of allylic oxidation sites excluding steroid dienone is 1. The summed E-state index contributed by atoms with van der Waals surface area (Å²) < 4.78 is 4.75. The molecule has 0 aliphatic heterocycles. The highest BCUT2D eigenvalue weighted by molar-refractivity contribution is 5.93. The van der Waals surface area contributed by atoms with Crippen LogP contribution in [0.2, 0.25) is 0 Å². The fourth-order valence-electron chi connectivity index (χ4n) is 8.18. The zero-order valence-electron chi connectivity index (χ0n) is 20.5. The van der Waals surface area contributed by atoms with Crippen molar-refractivity contribution in [3.63, 3.8) is 0 Å². The van der Waals surface area contributed by atoms with Gasteiger partial charge in [-0.05, 0) is 67.3 Å². The van der Waals surface area contributed by atoms with Crippen LogP contribution in [0, 0.1) is 34.5 Å². The summed E-state index contributed by atoms with van der Waals surface area (Å²) in [5, 5.41) is 42.2. The van der Waals surface area contributed by atoms with Crippen LogP contribution in [-0.4, -0.2) is 61.9 Å². The molecule has 0 bridgehead atoms. The molecule has 3 saturated carbocycles. The topological polar surface area (TPSA) is 158 Å². The van der Waals surface area contributed by atoms with Crippen molar-refractivity contribution in [1.29, 1.82) is 0 Å². The molecule has 4 aliphatic rings. The molecular formula is C26H36O9. The first-order valence-electron chi connectivity index (χ1n) is 12.5. The Kier molecular flexibility index (Phi) is 6.52. The molecule has 4 N–H and O–H groups in total. The van der Waals surface area contributed by atoms with Crippen LogP contribution in [0.15, 0.2) is 11.6 Å². The summed E-state index contributed by atoms with van der Waals surface area (Å²) in [6, 6.07) is 0. The van der Waals surface area contributed by atoms with Gasteiger partial charge in [0.1, 0.15) is 5.60 Å². The number of carboxylic acid groups (broad SMARTS) is 1. The molecular weight excluding hydrogens is 456 g/mol. The third kappa shape index (κ3) is 3.96. The van der Waals surface area contributed by atoms with Gasteiger partial charge in [0.15, 0.2) is 5.78 Å². The lowest BCUT2D eigenvalue weighted by atomic mass is 9.44. The van der Waals surface area contributed by atoms with Gasteiger partial charge >= 0.3 is 11.9 Å². The molecule has 4 aliphatic carbocycles. The maximum Gasteiger partial charge on any atom is 0.309 e. The van der Waals surface area contributed by atoms with E-state index in [1.807, 2.05) is 0 Å². The fourth-order valence-corrected chi connectivity index (χ4v) is 8.18. The number of esters is 1. The molecule has 194 valence electrons. The Labute approximate surface area is 204 Å². The highest BCUT2D eigenvalue weighted by Gasteiger charge is 2.69. The van der Waals surface area contributed by atoms with Crippen molar-refractivity contribution in [3.8, 4) is 0 Å². The Hall–Kier alpha value is -2.10. The molecule has 0 aromatic carbocycles. The lowest BCUT2D eigenvalue weighted by Crippen LogP contribution is -2.63. The van der Waals surface area contributed by atoms with E-state index in [-0.39, 0.29) is 47.7 Å². The van der Waals surface area contributed by atoms with Crippen molar-refractivity contribution >= 4 is 23.5 Å². The number of aliphatic hydroxyl groups excluding tert-OH is 2. The third-order valence-electron chi connectivity index (χ3n) is 9.78. The molecule has 4 rings (SSSR count). The second-order valence-electron chi connectivity index (χ2n) is 11.6. The quantitative estimate of drug-likeness (QED) is 0.320. The Morgan fingerprint density at radius 1 is 1.20 bits per heavy atom. The second kappa shape index (κ2) is 8.78. The number of aliphatic hydroxyl groups is 3. The van der Waals surface area contributed by atoms with E-state index in [0.717, 1.165) is 12.0 Å². The number of rotatable bonds is 6. The van der Waals surface area contributed by atoms with E-state index in [2.05, 4.69) is 13.8 Å². The van der Waals surface area contributed by atoms with Crippen LogP contribution in [0.1, 0.15) is 72.1 Å². The van der Waals surface area contributed by atoms with E-state index in [1.54, 1.807) is 13.0 Å². The molecule has 0 saturated heterocycles. The number of carbonyl (C=O) groups is 4. The monoisotopic (exact) mass is 492 g/mol. The molecule has 0 amide bonds. The van der Waals surface area contributed by atoms with E-state index < -0.39 is 54.0 Å². The summed E-state index contributed by atoms with van der Waals surface area (Å²) in [7, 11) is 0. The summed E-state index contributed by atoms with van der Waals surface area (Å²) in [5.41, 5.74) is -2.29. The molecule has 1 unspecified atom stereocenters. The van der Waals surface area contributed by atoms with Crippen LogP contribution < -0.4 is 0 Å². The molecule has 3 fully saturated rings. The highest BCUT2D eigenvalue weighted by atomic mass is 16.6. The van der Waals surface area contributed by atoms with E-state index in [9.17, 15) is 34.5 Å². The number of Topliss-reactive ketones (excluding diaryl/α,β-unsaturated/α-hetero) is 1. The molecule has 9 nitrogen and oxygen atoms in total. The van der Waals surface area contributed by atoms with Gasteiger partial charge in [0, 0.05) is 11.8 Å². The largest absolute Gasteiger partial charge is 0.481 e. The van der Waals surface area contributed by atoms with Gasteiger partial charge in [0.25, 0.3) is 6.29 Å². The molecule has 0 spiro atoms.